The number of rotatable bonds is 2. The Morgan fingerprint density at radius 1 is 1.05 bits per heavy atom. The van der Waals surface area contributed by atoms with E-state index in [0.29, 0.717) is 12.1 Å². The van der Waals surface area contributed by atoms with Crippen LogP contribution in [0.4, 0.5) is 0 Å². The highest BCUT2D eigenvalue weighted by atomic mass is 14.9. The maximum absolute atomic E-state index is 8.32. The molecular formula is C21H24N+. The Morgan fingerprint density at radius 2 is 1.77 bits per heavy atom. The molecule has 22 heavy (non-hydrogen) atoms. The van der Waals surface area contributed by atoms with E-state index in [1.54, 1.807) is 0 Å². The molecule has 0 N–H and O–H groups in total. The predicted octanol–water partition coefficient (Wildman–Crippen LogP) is 5.07. The van der Waals surface area contributed by atoms with Crippen molar-refractivity contribution in [3.05, 3.63) is 65.3 Å². The Morgan fingerprint density at radius 3 is 2.50 bits per heavy atom. The standard InChI is InChI=1S/C21H24N/c1-14(2)18-12-15(3)16(4)20(13-18)21-19-9-7-6-8-17(19)10-11-22(21)5/h6-14H,1-5H3/q+1/i11D. The predicted molar refractivity (Wildman–Crippen MR) is 94.1 cm³/mol. The molecule has 0 saturated carbocycles. The van der Waals surface area contributed by atoms with Gasteiger partial charge in [0, 0.05) is 6.07 Å². The largest absolute Gasteiger partial charge is 0.220 e. The molecule has 1 aromatic heterocycles. The Balaban J connectivity index is 2.44. The highest BCUT2D eigenvalue weighted by molar-refractivity contribution is 5.93. The molecule has 0 unspecified atom stereocenters. The van der Waals surface area contributed by atoms with Crippen LogP contribution in [0, 0.1) is 13.8 Å². The molecule has 1 nitrogen and oxygen atoms in total. The van der Waals surface area contributed by atoms with E-state index in [4.69, 9.17) is 1.37 Å². The number of hydrogen-bond acceptors (Lipinski definition) is 0. The molecule has 0 saturated heterocycles. The van der Waals surface area contributed by atoms with Crippen molar-refractivity contribution < 1.29 is 5.94 Å². The molecule has 0 aliphatic carbocycles. The number of aryl methyl sites for hydroxylation is 1. The van der Waals surface area contributed by atoms with Gasteiger partial charge in [-0.05, 0) is 54.0 Å². The van der Waals surface area contributed by atoms with E-state index in [0.717, 1.165) is 11.1 Å². The van der Waals surface area contributed by atoms with Crippen molar-refractivity contribution in [2.75, 3.05) is 0 Å². The maximum Gasteiger partial charge on any atom is 0.220 e. The van der Waals surface area contributed by atoms with Gasteiger partial charge >= 0.3 is 0 Å². The number of fused-ring (bicyclic) bond motifs is 1. The normalized spacial score (nSPS) is 12.0. The number of benzene rings is 2. The summed E-state index contributed by atoms with van der Waals surface area (Å²) in [4.78, 5) is 0. The van der Waals surface area contributed by atoms with Gasteiger partial charge in [-0.25, -0.2) is 4.57 Å². The van der Waals surface area contributed by atoms with Crippen LogP contribution in [0.1, 0.15) is 37.8 Å². The first-order valence-electron chi connectivity index (χ1n) is 8.40. The molecule has 112 valence electrons. The highest BCUT2D eigenvalue weighted by Gasteiger charge is 2.19. The highest BCUT2D eigenvalue weighted by Crippen LogP contribution is 2.32. The summed E-state index contributed by atoms with van der Waals surface area (Å²) in [5, 5.41) is 2.33. The molecule has 1 heteroatoms. The third-order valence-corrected chi connectivity index (χ3v) is 4.58. The molecule has 3 aromatic rings. The first-order chi connectivity index (χ1) is 10.9. The quantitative estimate of drug-likeness (QED) is 0.580. The van der Waals surface area contributed by atoms with Crippen LogP contribution in [0.25, 0.3) is 22.0 Å². The van der Waals surface area contributed by atoms with Crippen molar-refractivity contribution in [2.45, 2.75) is 33.6 Å². The van der Waals surface area contributed by atoms with Crippen molar-refractivity contribution in [1.29, 1.82) is 0 Å². The zero-order chi connectivity index (χ0) is 16.7. The average molecular weight is 291 g/mol. The van der Waals surface area contributed by atoms with Gasteiger partial charge in [-0.15, -0.1) is 0 Å². The molecule has 0 atom stereocenters. The molecule has 0 amide bonds. The number of aromatic nitrogens is 1. The minimum Gasteiger partial charge on any atom is -0.200 e. The molecule has 3 rings (SSSR count). The average Bonchev–Trinajstić information content (AvgIpc) is 2.51. The molecular weight excluding hydrogens is 266 g/mol. The van der Waals surface area contributed by atoms with Crippen LogP contribution >= 0.6 is 0 Å². The molecule has 0 spiro atoms. The van der Waals surface area contributed by atoms with Gasteiger partial charge in [0.15, 0.2) is 6.17 Å². The first kappa shape index (κ1) is 13.5. The SMILES string of the molecule is [2H]c1cc2ccccc2c(-c2cc(C(C)C)cc(C)c2C)[n+]1C. The van der Waals surface area contributed by atoms with Gasteiger partial charge in [0.2, 0.25) is 5.69 Å². The summed E-state index contributed by atoms with van der Waals surface area (Å²) in [5.41, 5.74) is 6.33. The lowest BCUT2D eigenvalue weighted by molar-refractivity contribution is -0.659. The fourth-order valence-electron chi connectivity index (χ4n) is 3.04. The molecule has 0 aliphatic heterocycles. The van der Waals surface area contributed by atoms with E-state index in [2.05, 4.69) is 58.0 Å². The molecule has 1 heterocycles. The van der Waals surface area contributed by atoms with Crippen LogP contribution in [-0.2, 0) is 7.05 Å². The van der Waals surface area contributed by atoms with E-state index < -0.39 is 0 Å². The monoisotopic (exact) mass is 291 g/mol. The minimum atomic E-state index is 0.490. The van der Waals surface area contributed by atoms with Crippen molar-refractivity contribution >= 4 is 10.8 Å². The van der Waals surface area contributed by atoms with Crippen LogP contribution in [0.2, 0.25) is 0 Å². The van der Waals surface area contributed by atoms with Gasteiger partial charge in [0.25, 0.3) is 0 Å². The van der Waals surface area contributed by atoms with Gasteiger partial charge in [0.1, 0.15) is 8.42 Å². The topological polar surface area (TPSA) is 3.88 Å². The molecule has 0 fully saturated rings. The molecule has 0 bridgehead atoms. The smallest absolute Gasteiger partial charge is 0.200 e. The van der Waals surface area contributed by atoms with Crippen molar-refractivity contribution in [3.63, 3.8) is 0 Å². The van der Waals surface area contributed by atoms with Crippen molar-refractivity contribution in [2.24, 2.45) is 7.05 Å². The number of pyridine rings is 1. The summed E-state index contributed by atoms with van der Waals surface area (Å²) in [6.45, 7) is 8.82. The van der Waals surface area contributed by atoms with Crippen LogP contribution in [-0.4, -0.2) is 0 Å². The summed E-state index contributed by atoms with van der Waals surface area (Å²) >= 11 is 0. The fraction of sp³-hybridized carbons (Fsp3) is 0.286. The Labute approximate surface area is 134 Å². The van der Waals surface area contributed by atoms with E-state index in [1.165, 1.54) is 27.6 Å². The van der Waals surface area contributed by atoms with Crippen molar-refractivity contribution in [3.8, 4) is 11.3 Å². The first-order valence-corrected chi connectivity index (χ1v) is 7.90. The van der Waals surface area contributed by atoms with Crippen LogP contribution in [0.15, 0.2) is 48.6 Å². The summed E-state index contributed by atoms with van der Waals surface area (Å²) < 4.78 is 10.3. The lowest BCUT2D eigenvalue weighted by Gasteiger charge is -2.14. The molecule has 0 radical (unpaired) electrons. The van der Waals surface area contributed by atoms with Gasteiger partial charge < -0.3 is 0 Å². The lowest BCUT2D eigenvalue weighted by atomic mass is 9.91. The second-order valence-electron chi connectivity index (χ2n) is 6.43. The zero-order valence-corrected chi connectivity index (χ0v) is 14.1. The maximum atomic E-state index is 8.32. The van der Waals surface area contributed by atoms with Gasteiger partial charge in [-0.1, -0.05) is 38.1 Å². The van der Waals surface area contributed by atoms with E-state index in [1.807, 2.05) is 23.7 Å². The Bertz CT molecular complexity index is 894. The van der Waals surface area contributed by atoms with E-state index in [-0.39, 0.29) is 0 Å². The van der Waals surface area contributed by atoms with Crippen LogP contribution in [0.3, 0.4) is 0 Å². The van der Waals surface area contributed by atoms with Crippen LogP contribution < -0.4 is 4.57 Å². The number of nitrogens with zero attached hydrogens (tertiary/aromatic N) is 1. The summed E-state index contributed by atoms with van der Waals surface area (Å²) in [6.07, 6.45) is 0.533. The second kappa shape index (κ2) is 5.57. The molecule has 0 aliphatic rings. The van der Waals surface area contributed by atoms with Gasteiger partial charge in [-0.2, -0.15) is 0 Å². The summed E-state index contributed by atoms with van der Waals surface area (Å²) in [6, 6.07) is 14.9. The van der Waals surface area contributed by atoms with Crippen molar-refractivity contribution in [1.82, 2.24) is 0 Å². The fourth-order valence-corrected chi connectivity index (χ4v) is 3.04. The Hall–Kier alpha value is -2.15. The van der Waals surface area contributed by atoms with Gasteiger partial charge in [0.05, 0.1) is 10.9 Å². The third kappa shape index (κ3) is 2.41. The van der Waals surface area contributed by atoms with Gasteiger partial charge in [-0.3, -0.25) is 0 Å². The summed E-state index contributed by atoms with van der Waals surface area (Å²) in [7, 11) is 1.99. The lowest BCUT2D eigenvalue weighted by Crippen LogP contribution is -2.30. The van der Waals surface area contributed by atoms with Crippen LogP contribution in [0.5, 0.6) is 0 Å². The Kier molecular flexibility index (Phi) is 3.42. The zero-order valence-electron chi connectivity index (χ0n) is 15.1. The summed E-state index contributed by atoms with van der Waals surface area (Å²) in [5.74, 6) is 0.490. The minimum absolute atomic E-state index is 0.490. The van der Waals surface area contributed by atoms with E-state index in [9.17, 15) is 0 Å². The second-order valence-corrected chi connectivity index (χ2v) is 6.43. The molecule has 2 aromatic carbocycles. The third-order valence-electron chi connectivity index (χ3n) is 4.58. The number of hydrogen-bond donors (Lipinski definition) is 0. The van der Waals surface area contributed by atoms with E-state index >= 15 is 0 Å².